The highest BCUT2D eigenvalue weighted by Gasteiger charge is 2.36. The van der Waals surface area contributed by atoms with E-state index < -0.39 is 0 Å². The summed E-state index contributed by atoms with van der Waals surface area (Å²) in [4.78, 5) is 18.1. The number of amides is 1. The molecule has 3 rings (SSSR count). The van der Waals surface area contributed by atoms with Gasteiger partial charge in [-0.3, -0.25) is 9.79 Å². The minimum Gasteiger partial charge on any atom is -0.370 e. The molecule has 1 unspecified atom stereocenters. The van der Waals surface area contributed by atoms with Gasteiger partial charge in [0.05, 0.1) is 0 Å². The van der Waals surface area contributed by atoms with Crippen LogP contribution in [0.25, 0.3) is 0 Å². The number of carbonyl (C=O) groups is 1. The van der Waals surface area contributed by atoms with Gasteiger partial charge in [-0.1, -0.05) is 36.6 Å². The van der Waals surface area contributed by atoms with Crippen LogP contribution in [0, 0.1) is 5.92 Å². The van der Waals surface area contributed by atoms with E-state index in [9.17, 15) is 4.79 Å². The summed E-state index contributed by atoms with van der Waals surface area (Å²) in [5.41, 5.74) is 6.83. The van der Waals surface area contributed by atoms with E-state index in [1.165, 1.54) is 31.2 Å². The molecule has 1 saturated carbocycles. The number of primary amides is 1. The number of nitrogens with one attached hydrogen (secondary N) is 1. The van der Waals surface area contributed by atoms with E-state index in [1.807, 2.05) is 19.2 Å². The second-order valence-corrected chi connectivity index (χ2v) is 8.46. The molecule has 2 aliphatic rings. The number of hydrogen-bond donors (Lipinski definition) is 2. The van der Waals surface area contributed by atoms with Crippen molar-refractivity contribution in [2.45, 2.75) is 50.4 Å². The van der Waals surface area contributed by atoms with Gasteiger partial charge in [0, 0.05) is 43.5 Å². The van der Waals surface area contributed by atoms with Gasteiger partial charge in [-0.15, -0.1) is 0 Å². The highest BCUT2D eigenvalue weighted by Crippen LogP contribution is 2.41. The smallest absolute Gasteiger partial charge is 0.217 e. The van der Waals surface area contributed by atoms with Gasteiger partial charge in [0.15, 0.2) is 5.96 Å². The Morgan fingerprint density at radius 1 is 1.37 bits per heavy atom. The minimum atomic E-state index is -0.212. The van der Waals surface area contributed by atoms with E-state index >= 15 is 0 Å². The highest BCUT2D eigenvalue weighted by atomic mass is 35.5. The first-order valence-electron chi connectivity index (χ1n) is 10.0. The normalized spacial score (nSPS) is 22.7. The zero-order valence-corrected chi connectivity index (χ0v) is 17.0. The van der Waals surface area contributed by atoms with Crippen LogP contribution in [0.1, 0.15) is 50.5 Å². The second kappa shape index (κ2) is 8.96. The van der Waals surface area contributed by atoms with Crippen LogP contribution in [0.2, 0.25) is 5.02 Å². The molecule has 1 atom stereocenters. The van der Waals surface area contributed by atoms with Crippen molar-refractivity contribution >= 4 is 23.5 Å². The molecular formula is C21H31ClN4O. The first kappa shape index (κ1) is 20.0. The number of aliphatic imine (C=N–C) groups is 1. The van der Waals surface area contributed by atoms with Crippen LogP contribution < -0.4 is 11.1 Å². The monoisotopic (exact) mass is 390 g/mol. The van der Waals surface area contributed by atoms with E-state index in [2.05, 4.69) is 27.3 Å². The average molecular weight is 391 g/mol. The molecule has 6 heteroatoms. The van der Waals surface area contributed by atoms with E-state index in [0.29, 0.717) is 12.3 Å². The maximum absolute atomic E-state index is 11.3. The summed E-state index contributed by atoms with van der Waals surface area (Å²) in [6.07, 6.45) is 7.42. The molecule has 1 heterocycles. The average Bonchev–Trinajstić information content (AvgIpc) is 3.12. The van der Waals surface area contributed by atoms with Gasteiger partial charge in [-0.25, -0.2) is 0 Å². The predicted molar refractivity (Wildman–Crippen MR) is 111 cm³/mol. The summed E-state index contributed by atoms with van der Waals surface area (Å²) in [6, 6.07) is 8.30. The number of hydrogen-bond acceptors (Lipinski definition) is 2. The van der Waals surface area contributed by atoms with E-state index in [0.717, 1.165) is 43.5 Å². The Labute approximate surface area is 167 Å². The van der Waals surface area contributed by atoms with Crippen LogP contribution >= 0.6 is 11.6 Å². The van der Waals surface area contributed by atoms with E-state index in [4.69, 9.17) is 17.3 Å². The molecule has 0 bridgehead atoms. The molecule has 0 spiro atoms. The summed E-state index contributed by atoms with van der Waals surface area (Å²) >= 11 is 6.26. The zero-order valence-electron chi connectivity index (χ0n) is 16.2. The Morgan fingerprint density at radius 2 is 2.15 bits per heavy atom. The van der Waals surface area contributed by atoms with Gasteiger partial charge in [0.25, 0.3) is 0 Å². The number of nitrogens with two attached hydrogens (primary N) is 1. The second-order valence-electron chi connectivity index (χ2n) is 8.02. The molecule has 1 amide bonds. The first-order valence-corrected chi connectivity index (χ1v) is 10.4. The van der Waals surface area contributed by atoms with Crippen LogP contribution in [0.15, 0.2) is 29.3 Å². The Bertz CT molecular complexity index is 685. The first-order chi connectivity index (χ1) is 13.0. The number of halogens is 1. The van der Waals surface area contributed by atoms with Crippen LogP contribution in [-0.4, -0.2) is 43.4 Å². The van der Waals surface area contributed by atoms with Gasteiger partial charge in [0.2, 0.25) is 5.91 Å². The van der Waals surface area contributed by atoms with Gasteiger partial charge >= 0.3 is 0 Å². The lowest BCUT2D eigenvalue weighted by Crippen LogP contribution is -2.50. The van der Waals surface area contributed by atoms with E-state index in [1.54, 1.807) is 0 Å². The van der Waals surface area contributed by atoms with E-state index in [-0.39, 0.29) is 11.3 Å². The van der Waals surface area contributed by atoms with Crippen LogP contribution in [0.3, 0.4) is 0 Å². The standard InChI is InChI=1S/C21H31ClN4O/c1-24-20(26-11-5-6-16(14-26)12-19(23)27)25-15-21(9-2-3-10-21)17-7-4-8-18(22)13-17/h4,7-8,13,16H,2-3,5-6,9-12,14-15H2,1H3,(H2,23,27)(H,24,25). The van der Waals surface area contributed by atoms with Crippen molar-refractivity contribution in [1.29, 1.82) is 0 Å². The molecule has 2 fully saturated rings. The fourth-order valence-corrected chi connectivity index (χ4v) is 4.92. The predicted octanol–water partition coefficient (Wildman–Crippen LogP) is 3.31. The molecule has 1 aliphatic heterocycles. The summed E-state index contributed by atoms with van der Waals surface area (Å²) in [6.45, 7) is 2.67. The van der Waals surface area contributed by atoms with Crippen LogP contribution in [0.5, 0.6) is 0 Å². The lowest BCUT2D eigenvalue weighted by molar-refractivity contribution is -0.119. The third-order valence-electron chi connectivity index (χ3n) is 6.10. The van der Waals surface area contributed by atoms with Crippen molar-refractivity contribution in [3.05, 3.63) is 34.9 Å². The van der Waals surface area contributed by atoms with Crippen molar-refractivity contribution in [2.24, 2.45) is 16.6 Å². The third kappa shape index (κ3) is 4.95. The molecule has 1 aromatic carbocycles. The number of carbonyl (C=O) groups excluding carboxylic acids is 1. The van der Waals surface area contributed by atoms with Crippen molar-refractivity contribution in [2.75, 3.05) is 26.7 Å². The molecule has 0 aromatic heterocycles. The summed E-state index contributed by atoms with van der Waals surface area (Å²) < 4.78 is 0. The van der Waals surface area contributed by atoms with Gasteiger partial charge in [-0.2, -0.15) is 0 Å². The van der Waals surface area contributed by atoms with Crippen molar-refractivity contribution in [3.63, 3.8) is 0 Å². The molecule has 3 N–H and O–H groups in total. The zero-order chi connectivity index (χ0) is 19.3. The lowest BCUT2D eigenvalue weighted by atomic mass is 9.79. The number of guanidine groups is 1. The molecule has 5 nitrogen and oxygen atoms in total. The summed E-state index contributed by atoms with van der Waals surface area (Å²) in [5, 5.41) is 4.43. The van der Waals surface area contributed by atoms with Gasteiger partial charge in [-0.05, 0) is 49.3 Å². The lowest BCUT2D eigenvalue weighted by Gasteiger charge is -2.37. The summed E-state index contributed by atoms with van der Waals surface area (Å²) in [7, 11) is 1.83. The fraction of sp³-hybridized carbons (Fsp3) is 0.619. The van der Waals surface area contributed by atoms with Crippen molar-refractivity contribution in [3.8, 4) is 0 Å². The quantitative estimate of drug-likeness (QED) is 0.598. The Balaban J connectivity index is 1.68. The molecule has 1 saturated heterocycles. The number of piperidine rings is 1. The topological polar surface area (TPSA) is 70.7 Å². The third-order valence-corrected chi connectivity index (χ3v) is 6.34. The Hall–Kier alpha value is -1.75. The van der Waals surface area contributed by atoms with Crippen LogP contribution in [-0.2, 0) is 10.2 Å². The molecule has 27 heavy (non-hydrogen) atoms. The number of benzene rings is 1. The number of likely N-dealkylation sites (tertiary alicyclic amines) is 1. The van der Waals surface area contributed by atoms with Crippen molar-refractivity contribution < 1.29 is 4.79 Å². The molecule has 148 valence electrons. The molecule has 1 aliphatic carbocycles. The molecule has 1 aromatic rings. The fourth-order valence-electron chi connectivity index (χ4n) is 4.73. The van der Waals surface area contributed by atoms with Gasteiger partial charge < -0.3 is 16.0 Å². The highest BCUT2D eigenvalue weighted by molar-refractivity contribution is 6.30. The molecular weight excluding hydrogens is 360 g/mol. The number of rotatable bonds is 5. The SMILES string of the molecule is CN=C(NCC1(c2cccc(Cl)c2)CCCC1)N1CCCC(CC(N)=O)C1. The maximum Gasteiger partial charge on any atom is 0.217 e. The number of nitrogens with zero attached hydrogens (tertiary/aromatic N) is 2. The van der Waals surface area contributed by atoms with Gasteiger partial charge in [0.1, 0.15) is 0 Å². The van der Waals surface area contributed by atoms with Crippen LogP contribution in [0.4, 0.5) is 0 Å². The maximum atomic E-state index is 11.3. The largest absolute Gasteiger partial charge is 0.370 e. The van der Waals surface area contributed by atoms with Crippen molar-refractivity contribution in [1.82, 2.24) is 10.2 Å². The minimum absolute atomic E-state index is 0.114. The Morgan fingerprint density at radius 3 is 2.81 bits per heavy atom. The molecule has 0 radical (unpaired) electrons. The Kier molecular flexibility index (Phi) is 6.64. The summed E-state index contributed by atoms with van der Waals surface area (Å²) in [5.74, 6) is 1.04.